The molecule has 0 unspecified atom stereocenters. The molecule has 0 saturated carbocycles. The molecule has 0 aliphatic rings. The van der Waals surface area contributed by atoms with Crippen LogP contribution >= 0.6 is 0 Å². The second kappa shape index (κ2) is 7.60. The highest BCUT2D eigenvalue weighted by atomic mass is 16.5. The summed E-state index contributed by atoms with van der Waals surface area (Å²) in [6, 6.07) is 21.3. The second-order valence-electron chi connectivity index (χ2n) is 6.90. The third kappa shape index (κ3) is 3.20. The van der Waals surface area contributed by atoms with Crippen molar-refractivity contribution in [1.29, 1.82) is 0 Å². The Labute approximate surface area is 178 Å². The van der Waals surface area contributed by atoms with E-state index in [2.05, 4.69) is 0 Å². The lowest BCUT2D eigenvalue weighted by Gasteiger charge is -2.13. The molecule has 3 aromatic carbocycles. The van der Waals surface area contributed by atoms with Crippen molar-refractivity contribution in [2.45, 2.75) is 0 Å². The molecule has 2 heterocycles. The highest BCUT2D eigenvalue weighted by molar-refractivity contribution is 5.86. The smallest absolute Gasteiger partial charge is 0.199 e. The van der Waals surface area contributed by atoms with Gasteiger partial charge in [-0.15, -0.1) is 0 Å². The number of methoxy groups -OCH3 is 3. The van der Waals surface area contributed by atoms with Gasteiger partial charge in [0.15, 0.2) is 22.8 Å². The van der Waals surface area contributed by atoms with Gasteiger partial charge in [0, 0.05) is 11.6 Å². The van der Waals surface area contributed by atoms with E-state index in [-0.39, 0.29) is 0 Å². The van der Waals surface area contributed by atoms with Gasteiger partial charge in [-0.1, -0.05) is 12.1 Å². The largest absolute Gasteiger partial charge is 0.497 e. The van der Waals surface area contributed by atoms with Gasteiger partial charge in [0.05, 0.1) is 38.1 Å². The van der Waals surface area contributed by atoms with E-state index in [9.17, 15) is 0 Å². The van der Waals surface area contributed by atoms with Gasteiger partial charge < -0.3 is 14.2 Å². The Kier molecular flexibility index (Phi) is 4.63. The lowest BCUT2D eigenvalue weighted by molar-refractivity contribution is 0.355. The maximum atomic E-state index is 5.52. The van der Waals surface area contributed by atoms with E-state index < -0.39 is 0 Å². The number of hydrogen-bond donors (Lipinski definition) is 0. The van der Waals surface area contributed by atoms with Crippen LogP contribution in [0, 0.1) is 0 Å². The van der Waals surface area contributed by atoms with E-state index in [1.807, 2.05) is 71.3 Å². The molecule has 31 heavy (non-hydrogen) atoms. The first-order chi connectivity index (χ1) is 15.2. The fourth-order valence-electron chi connectivity index (χ4n) is 3.60. The molecule has 0 fully saturated rings. The second-order valence-corrected chi connectivity index (χ2v) is 6.90. The Hall–Kier alpha value is -4.13. The molecular weight excluding hydrogens is 392 g/mol. The summed E-state index contributed by atoms with van der Waals surface area (Å²) in [5.74, 6) is 2.77. The van der Waals surface area contributed by atoms with Crippen LogP contribution in [-0.4, -0.2) is 40.8 Å². The molecule has 5 rings (SSSR count). The van der Waals surface area contributed by atoms with Gasteiger partial charge in [0.2, 0.25) is 0 Å². The van der Waals surface area contributed by atoms with E-state index in [1.165, 1.54) is 0 Å². The van der Waals surface area contributed by atoms with Gasteiger partial charge in [-0.3, -0.25) is 4.57 Å². The van der Waals surface area contributed by atoms with Crippen LogP contribution in [0.4, 0.5) is 0 Å². The first-order valence-corrected chi connectivity index (χ1v) is 9.74. The molecule has 7 nitrogen and oxygen atoms in total. The van der Waals surface area contributed by atoms with Crippen molar-refractivity contribution in [2.24, 2.45) is 0 Å². The number of rotatable bonds is 5. The maximum Gasteiger partial charge on any atom is 0.199 e. The van der Waals surface area contributed by atoms with Crippen LogP contribution in [0.1, 0.15) is 0 Å². The SMILES string of the molecule is COc1ccc(-c2nc3nc4ccccc4nc3n2-c2ccc(OC)c(OC)c2)cc1. The van der Waals surface area contributed by atoms with E-state index in [0.717, 1.165) is 33.9 Å². The maximum absolute atomic E-state index is 5.52. The standard InChI is InChI=1S/C24H20N4O3/c1-29-17-11-8-15(9-12-17)23-27-22-24(26-19-7-5-4-6-18(19)25-22)28(23)16-10-13-20(30-2)21(14-16)31-3/h4-14H,1-3H3. The van der Waals surface area contributed by atoms with Crippen LogP contribution in [-0.2, 0) is 0 Å². The summed E-state index contributed by atoms with van der Waals surface area (Å²) in [6.45, 7) is 0. The highest BCUT2D eigenvalue weighted by Crippen LogP contribution is 2.34. The van der Waals surface area contributed by atoms with Crippen molar-refractivity contribution in [3.05, 3.63) is 66.7 Å². The minimum absolute atomic E-state index is 0.569. The van der Waals surface area contributed by atoms with Crippen molar-refractivity contribution in [1.82, 2.24) is 19.5 Å². The van der Waals surface area contributed by atoms with Crippen LogP contribution in [0.15, 0.2) is 66.7 Å². The molecule has 0 amide bonds. The summed E-state index contributed by atoms with van der Waals surface area (Å²) in [5, 5.41) is 0. The van der Waals surface area contributed by atoms with Crippen molar-refractivity contribution < 1.29 is 14.2 Å². The van der Waals surface area contributed by atoms with Crippen LogP contribution in [0.3, 0.4) is 0 Å². The summed E-state index contributed by atoms with van der Waals surface area (Å²) < 4.78 is 18.2. The number of aromatic nitrogens is 4. The Balaban J connectivity index is 1.81. The van der Waals surface area contributed by atoms with Gasteiger partial charge >= 0.3 is 0 Å². The number of imidazole rings is 1. The summed E-state index contributed by atoms with van der Waals surface area (Å²) >= 11 is 0. The third-order valence-electron chi connectivity index (χ3n) is 5.14. The van der Waals surface area contributed by atoms with Gasteiger partial charge in [-0.25, -0.2) is 15.0 Å². The van der Waals surface area contributed by atoms with Gasteiger partial charge in [0.25, 0.3) is 0 Å². The van der Waals surface area contributed by atoms with E-state index in [0.29, 0.717) is 22.8 Å². The number of ether oxygens (including phenoxy) is 3. The topological polar surface area (TPSA) is 71.3 Å². The minimum atomic E-state index is 0.569. The summed E-state index contributed by atoms with van der Waals surface area (Å²) in [4.78, 5) is 14.5. The molecule has 5 aromatic rings. The quantitative estimate of drug-likeness (QED) is 0.418. The van der Waals surface area contributed by atoms with E-state index in [4.69, 9.17) is 29.2 Å². The van der Waals surface area contributed by atoms with E-state index in [1.54, 1.807) is 21.3 Å². The molecule has 0 radical (unpaired) electrons. The molecule has 0 aliphatic carbocycles. The molecule has 0 aliphatic heterocycles. The normalized spacial score (nSPS) is 11.1. The third-order valence-corrected chi connectivity index (χ3v) is 5.14. The number of nitrogens with zero attached hydrogens (tertiary/aromatic N) is 4. The average Bonchev–Trinajstić information content (AvgIpc) is 3.20. The van der Waals surface area contributed by atoms with Crippen LogP contribution in [0.5, 0.6) is 17.2 Å². The minimum Gasteiger partial charge on any atom is -0.497 e. The lowest BCUT2D eigenvalue weighted by atomic mass is 10.2. The average molecular weight is 412 g/mol. The van der Waals surface area contributed by atoms with Crippen molar-refractivity contribution in [3.63, 3.8) is 0 Å². The predicted molar refractivity (Wildman–Crippen MR) is 119 cm³/mol. The van der Waals surface area contributed by atoms with Gasteiger partial charge in [0.1, 0.15) is 11.6 Å². The van der Waals surface area contributed by atoms with Crippen molar-refractivity contribution in [2.75, 3.05) is 21.3 Å². The number of hydrogen-bond acceptors (Lipinski definition) is 6. The number of fused-ring (bicyclic) bond motifs is 2. The monoisotopic (exact) mass is 412 g/mol. The van der Waals surface area contributed by atoms with Crippen molar-refractivity contribution in [3.8, 4) is 34.3 Å². The van der Waals surface area contributed by atoms with E-state index >= 15 is 0 Å². The Morgan fingerprint density at radius 2 is 1.39 bits per heavy atom. The first-order valence-electron chi connectivity index (χ1n) is 9.74. The summed E-state index contributed by atoms with van der Waals surface area (Å²) in [7, 11) is 4.88. The molecular formula is C24H20N4O3. The number of para-hydroxylation sites is 2. The van der Waals surface area contributed by atoms with Gasteiger partial charge in [-0.05, 0) is 48.5 Å². The zero-order chi connectivity index (χ0) is 21.4. The van der Waals surface area contributed by atoms with Crippen LogP contribution in [0.2, 0.25) is 0 Å². The summed E-state index contributed by atoms with van der Waals surface area (Å²) in [5.41, 5.74) is 4.59. The molecule has 0 bridgehead atoms. The predicted octanol–water partition coefficient (Wildman–Crippen LogP) is 4.66. The lowest BCUT2D eigenvalue weighted by Crippen LogP contribution is -2.01. The molecule has 0 saturated heterocycles. The zero-order valence-corrected chi connectivity index (χ0v) is 17.4. The molecule has 0 atom stereocenters. The van der Waals surface area contributed by atoms with Crippen LogP contribution < -0.4 is 14.2 Å². The molecule has 0 N–H and O–H groups in total. The Bertz CT molecular complexity index is 1390. The fraction of sp³-hybridized carbons (Fsp3) is 0.125. The van der Waals surface area contributed by atoms with Crippen molar-refractivity contribution >= 4 is 22.3 Å². The Morgan fingerprint density at radius 1 is 0.677 bits per heavy atom. The zero-order valence-electron chi connectivity index (χ0n) is 17.4. The number of benzene rings is 3. The fourth-order valence-corrected chi connectivity index (χ4v) is 3.60. The molecule has 154 valence electrons. The summed E-state index contributed by atoms with van der Waals surface area (Å²) in [6.07, 6.45) is 0. The highest BCUT2D eigenvalue weighted by Gasteiger charge is 2.19. The van der Waals surface area contributed by atoms with Gasteiger partial charge in [-0.2, -0.15) is 0 Å². The first kappa shape index (κ1) is 18.9. The van der Waals surface area contributed by atoms with Crippen LogP contribution in [0.25, 0.3) is 39.4 Å². The Morgan fingerprint density at radius 3 is 2.06 bits per heavy atom. The molecule has 2 aromatic heterocycles. The molecule has 7 heteroatoms. The molecule has 0 spiro atoms.